The van der Waals surface area contributed by atoms with Crippen molar-refractivity contribution < 1.29 is 23.1 Å². The molecule has 0 saturated heterocycles. The Morgan fingerprint density at radius 3 is 2.31 bits per heavy atom. The highest BCUT2D eigenvalue weighted by Gasteiger charge is 2.21. The Balaban J connectivity index is 1.87. The maximum absolute atomic E-state index is 12.7. The number of aryl methyl sites for hydroxylation is 1. The number of para-hydroxylation sites is 1. The predicted molar refractivity (Wildman–Crippen MR) is 104 cm³/mol. The van der Waals surface area contributed by atoms with E-state index in [1.165, 1.54) is 6.07 Å². The van der Waals surface area contributed by atoms with Gasteiger partial charge in [-0.3, -0.25) is 10.2 Å². The van der Waals surface area contributed by atoms with Gasteiger partial charge in [0, 0.05) is 12.4 Å². The lowest BCUT2D eigenvalue weighted by Gasteiger charge is -2.15. The Morgan fingerprint density at radius 1 is 1.00 bits per heavy atom. The van der Waals surface area contributed by atoms with Crippen LogP contribution in [0.1, 0.15) is 31.8 Å². The van der Waals surface area contributed by atoms with E-state index < -0.39 is 21.9 Å². The highest BCUT2D eigenvalue weighted by Crippen LogP contribution is 2.21. The van der Waals surface area contributed by atoms with E-state index in [2.05, 4.69) is 5.43 Å². The number of rotatable bonds is 6. The molecule has 0 bridgehead atoms. The predicted octanol–water partition coefficient (Wildman–Crippen LogP) is 1.08. The summed E-state index contributed by atoms with van der Waals surface area (Å²) in [6.07, 6.45) is 3.52. The van der Waals surface area contributed by atoms with Crippen molar-refractivity contribution >= 4 is 21.9 Å². The van der Waals surface area contributed by atoms with Crippen LogP contribution in [0.2, 0.25) is 0 Å². The van der Waals surface area contributed by atoms with Gasteiger partial charge >= 0.3 is 0 Å². The van der Waals surface area contributed by atoms with Crippen LogP contribution >= 0.6 is 0 Å². The molecule has 0 radical (unpaired) electrons. The molecule has 8 nitrogen and oxygen atoms in total. The van der Waals surface area contributed by atoms with Crippen LogP contribution in [0.25, 0.3) is 5.69 Å². The number of carbonyl (C=O) groups is 2. The lowest BCUT2D eigenvalue weighted by molar-refractivity contribution is -0.255. The van der Waals surface area contributed by atoms with Gasteiger partial charge in [0.1, 0.15) is 0 Å². The van der Waals surface area contributed by atoms with Crippen LogP contribution in [-0.2, 0) is 10.0 Å². The first-order valence-electron chi connectivity index (χ1n) is 8.58. The molecule has 2 N–H and O–H groups in total. The second-order valence-electron chi connectivity index (χ2n) is 6.37. The van der Waals surface area contributed by atoms with E-state index in [0.29, 0.717) is 16.8 Å². The number of amides is 1. The number of nitrogens with one attached hydrogen (secondary N) is 2. The summed E-state index contributed by atoms with van der Waals surface area (Å²) in [5, 5.41) is 11.1. The van der Waals surface area contributed by atoms with Crippen molar-refractivity contribution in [3.8, 4) is 5.69 Å². The van der Waals surface area contributed by atoms with Gasteiger partial charge in [0.15, 0.2) is 0 Å². The lowest BCUT2D eigenvalue weighted by Crippen LogP contribution is -2.42. The second-order valence-corrected chi connectivity index (χ2v) is 8.02. The van der Waals surface area contributed by atoms with Gasteiger partial charge < -0.3 is 14.5 Å². The highest BCUT2D eigenvalue weighted by atomic mass is 32.2. The van der Waals surface area contributed by atoms with Gasteiger partial charge in [0.05, 0.1) is 22.1 Å². The molecule has 150 valence electrons. The number of hydrazine groups is 1. The van der Waals surface area contributed by atoms with E-state index in [1.54, 1.807) is 67.2 Å². The molecule has 3 rings (SSSR count). The fraction of sp³-hybridized carbons (Fsp3) is 0.100. The third-order valence-corrected chi connectivity index (χ3v) is 5.85. The maximum Gasteiger partial charge on any atom is 0.268 e. The van der Waals surface area contributed by atoms with E-state index >= 15 is 0 Å². The summed E-state index contributed by atoms with van der Waals surface area (Å²) in [4.78, 5) is 25.5. The summed E-state index contributed by atoms with van der Waals surface area (Å²) in [5.41, 5.74) is 3.57. The summed E-state index contributed by atoms with van der Waals surface area (Å²) in [7, 11) is -4.22. The van der Waals surface area contributed by atoms with Gasteiger partial charge in [-0.05, 0) is 66.9 Å². The molecule has 0 spiro atoms. The van der Waals surface area contributed by atoms with Crippen molar-refractivity contribution in [2.24, 2.45) is 0 Å². The van der Waals surface area contributed by atoms with E-state index in [1.807, 2.05) is 4.83 Å². The standard InChI is InChI=1S/C20H19N3O5S/c1-13-11-15(20(25)26)12-18(14(13)2)29(27,28)22-21-19(24)16-7-3-4-8-17(16)23-9-5-6-10-23/h3-12,22H,1-2H3,(H,21,24)(H,25,26)/p-1. The largest absolute Gasteiger partial charge is 0.545 e. The fourth-order valence-electron chi connectivity index (χ4n) is 2.85. The van der Waals surface area contributed by atoms with Crippen LogP contribution in [0.15, 0.2) is 65.8 Å². The number of hydrogen-bond donors (Lipinski definition) is 2. The minimum absolute atomic E-state index is 0.253. The Hall–Kier alpha value is -3.43. The van der Waals surface area contributed by atoms with Gasteiger partial charge in [-0.15, -0.1) is 4.83 Å². The lowest BCUT2D eigenvalue weighted by atomic mass is 10.1. The fourth-order valence-corrected chi connectivity index (χ4v) is 4.03. The average molecular weight is 412 g/mol. The molecule has 0 atom stereocenters. The number of hydrogen-bond acceptors (Lipinski definition) is 5. The average Bonchev–Trinajstić information content (AvgIpc) is 3.22. The molecule has 0 aliphatic heterocycles. The SMILES string of the molecule is Cc1cc(C(=O)[O-])cc(S(=O)(=O)NNC(=O)c2ccccc2-n2cccc2)c1C. The minimum atomic E-state index is -4.22. The molecule has 9 heteroatoms. The van der Waals surface area contributed by atoms with E-state index in [9.17, 15) is 23.1 Å². The number of nitrogens with zero attached hydrogens (tertiary/aromatic N) is 1. The van der Waals surface area contributed by atoms with E-state index in [-0.39, 0.29) is 16.0 Å². The number of aromatic carboxylic acids is 1. The number of carboxylic acids is 1. The molecule has 0 aliphatic rings. The van der Waals surface area contributed by atoms with Crippen LogP contribution in [-0.4, -0.2) is 24.9 Å². The quantitative estimate of drug-likeness (QED) is 0.587. The molecule has 29 heavy (non-hydrogen) atoms. The van der Waals surface area contributed by atoms with Crippen LogP contribution in [0.4, 0.5) is 0 Å². The van der Waals surface area contributed by atoms with Crippen molar-refractivity contribution in [2.75, 3.05) is 0 Å². The summed E-state index contributed by atoms with van der Waals surface area (Å²) in [6.45, 7) is 3.14. The van der Waals surface area contributed by atoms with Crippen LogP contribution < -0.4 is 15.4 Å². The Bertz CT molecular complexity index is 1180. The zero-order chi connectivity index (χ0) is 21.2. The van der Waals surface area contributed by atoms with Crippen molar-refractivity contribution in [3.05, 3.63) is 83.2 Å². The smallest absolute Gasteiger partial charge is 0.268 e. The Kier molecular flexibility index (Phi) is 5.53. The summed E-state index contributed by atoms with van der Waals surface area (Å²) in [5.74, 6) is -2.16. The van der Waals surface area contributed by atoms with E-state index in [0.717, 1.165) is 6.07 Å². The second kappa shape index (κ2) is 7.90. The molecule has 1 aromatic heterocycles. The summed E-state index contributed by atoms with van der Waals surface area (Å²) < 4.78 is 27.1. The highest BCUT2D eigenvalue weighted by molar-refractivity contribution is 7.89. The molecule has 0 fully saturated rings. The number of aromatic nitrogens is 1. The molecule has 3 aromatic rings. The van der Waals surface area contributed by atoms with Crippen molar-refractivity contribution in [1.29, 1.82) is 0 Å². The van der Waals surface area contributed by atoms with Gasteiger partial charge in [-0.25, -0.2) is 8.42 Å². The number of carboxylic acid groups (broad SMARTS) is 1. The Labute approximate surface area is 167 Å². The minimum Gasteiger partial charge on any atom is -0.545 e. The topological polar surface area (TPSA) is 120 Å². The zero-order valence-corrected chi connectivity index (χ0v) is 16.5. The molecule has 1 amide bonds. The van der Waals surface area contributed by atoms with Crippen molar-refractivity contribution in [3.63, 3.8) is 0 Å². The molecule has 1 heterocycles. The molecule has 0 saturated carbocycles. The molecular formula is C20H18N3O5S-. The molecular weight excluding hydrogens is 394 g/mol. The molecule has 0 aliphatic carbocycles. The van der Waals surface area contributed by atoms with Gasteiger partial charge in [0.2, 0.25) is 0 Å². The Morgan fingerprint density at radius 2 is 1.66 bits per heavy atom. The van der Waals surface area contributed by atoms with Gasteiger partial charge in [-0.1, -0.05) is 12.1 Å². The first-order valence-corrected chi connectivity index (χ1v) is 10.1. The van der Waals surface area contributed by atoms with Gasteiger partial charge in [0.25, 0.3) is 15.9 Å². The summed E-state index contributed by atoms with van der Waals surface area (Å²) in [6, 6.07) is 12.6. The van der Waals surface area contributed by atoms with Crippen molar-refractivity contribution in [1.82, 2.24) is 14.8 Å². The maximum atomic E-state index is 12.7. The number of sulfonamides is 1. The normalized spacial score (nSPS) is 11.2. The third-order valence-electron chi connectivity index (χ3n) is 4.48. The first kappa shape index (κ1) is 20.3. The molecule has 2 aromatic carbocycles. The van der Waals surface area contributed by atoms with Crippen molar-refractivity contribution in [2.45, 2.75) is 18.7 Å². The third kappa shape index (κ3) is 4.20. The number of carbonyl (C=O) groups excluding carboxylic acids is 2. The van der Waals surface area contributed by atoms with Gasteiger partial charge in [-0.2, -0.15) is 0 Å². The molecule has 0 unspecified atom stereocenters. The van der Waals surface area contributed by atoms with Crippen LogP contribution in [0.3, 0.4) is 0 Å². The van der Waals surface area contributed by atoms with Crippen LogP contribution in [0, 0.1) is 13.8 Å². The zero-order valence-electron chi connectivity index (χ0n) is 15.7. The van der Waals surface area contributed by atoms with E-state index in [4.69, 9.17) is 0 Å². The summed E-state index contributed by atoms with van der Waals surface area (Å²) >= 11 is 0. The monoisotopic (exact) mass is 412 g/mol. The number of benzene rings is 2. The first-order chi connectivity index (χ1) is 13.7. The van der Waals surface area contributed by atoms with Crippen LogP contribution in [0.5, 0.6) is 0 Å².